The van der Waals surface area contributed by atoms with E-state index < -0.39 is 0 Å². The van der Waals surface area contributed by atoms with E-state index in [1.807, 2.05) is 77.7 Å². The van der Waals surface area contributed by atoms with Gasteiger partial charge in [-0.3, -0.25) is 14.6 Å². The summed E-state index contributed by atoms with van der Waals surface area (Å²) in [5.74, 6) is 1.34. The molecule has 2 heterocycles. The summed E-state index contributed by atoms with van der Waals surface area (Å²) in [4.78, 5) is 31.3. The smallest absolute Gasteiger partial charge is 0.227 e. The van der Waals surface area contributed by atoms with E-state index in [4.69, 9.17) is 9.47 Å². The molecule has 0 unspecified atom stereocenters. The van der Waals surface area contributed by atoms with Crippen LogP contribution in [0.25, 0.3) is 0 Å². The maximum atomic E-state index is 12.8. The number of carbonyl (C=O) groups is 2. The Hall–Kier alpha value is -3.87. The lowest BCUT2D eigenvalue weighted by atomic mass is 9.95. The van der Waals surface area contributed by atoms with Gasteiger partial charge in [0.2, 0.25) is 11.8 Å². The summed E-state index contributed by atoms with van der Waals surface area (Å²) in [6, 6.07) is 22.5. The molecule has 3 aromatic rings. The van der Waals surface area contributed by atoms with Crippen LogP contribution in [0.1, 0.15) is 25.0 Å². The number of amides is 2. The summed E-state index contributed by atoms with van der Waals surface area (Å²) in [6.45, 7) is 1.87. The number of benzene rings is 2. The highest BCUT2D eigenvalue weighted by atomic mass is 16.5. The standard InChI is InChI=1S/C27H29N3O4/c31-26(14-18-33-24-9-2-1-3-10-24)30-16-12-21(13-17-30)27(32)29-22-8-6-11-25(19-22)34-20-23-7-4-5-15-28-23/h1-11,15,19,21H,12-14,16-18,20H2,(H,29,32). The number of carbonyl (C=O) groups excluding carboxylic acids is 2. The second-order valence-corrected chi connectivity index (χ2v) is 8.19. The SMILES string of the molecule is O=C(Nc1cccc(OCc2ccccn2)c1)C1CCN(C(=O)CCOc2ccccc2)CC1. The molecule has 0 atom stereocenters. The molecule has 1 aromatic heterocycles. The molecular weight excluding hydrogens is 430 g/mol. The largest absolute Gasteiger partial charge is 0.493 e. The van der Waals surface area contributed by atoms with Crippen LogP contribution in [0.2, 0.25) is 0 Å². The molecule has 0 saturated carbocycles. The average molecular weight is 460 g/mol. The number of rotatable bonds is 9. The Kier molecular flexibility index (Phi) is 8.11. The molecule has 7 nitrogen and oxygen atoms in total. The van der Waals surface area contributed by atoms with E-state index in [0.29, 0.717) is 57.0 Å². The van der Waals surface area contributed by atoms with Crippen LogP contribution in [0.3, 0.4) is 0 Å². The van der Waals surface area contributed by atoms with Crippen molar-refractivity contribution in [3.05, 3.63) is 84.7 Å². The van der Waals surface area contributed by atoms with E-state index in [2.05, 4.69) is 10.3 Å². The Morgan fingerprint density at radius 2 is 1.68 bits per heavy atom. The van der Waals surface area contributed by atoms with Crippen molar-refractivity contribution in [3.8, 4) is 11.5 Å². The van der Waals surface area contributed by atoms with Crippen molar-refractivity contribution in [2.75, 3.05) is 25.0 Å². The van der Waals surface area contributed by atoms with Crippen LogP contribution in [-0.2, 0) is 16.2 Å². The highest BCUT2D eigenvalue weighted by Gasteiger charge is 2.27. The molecule has 1 aliphatic rings. The third kappa shape index (κ3) is 6.81. The van der Waals surface area contributed by atoms with E-state index >= 15 is 0 Å². The number of hydrogen-bond acceptors (Lipinski definition) is 5. The molecule has 34 heavy (non-hydrogen) atoms. The van der Waals surface area contributed by atoms with Gasteiger partial charge in [-0.1, -0.05) is 30.3 Å². The number of ether oxygens (including phenoxy) is 2. The first-order valence-electron chi connectivity index (χ1n) is 11.6. The fourth-order valence-electron chi connectivity index (χ4n) is 3.87. The maximum absolute atomic E-state index is 12.8. The van der Waals surface area contributed by atoms with Crippen LogP contribution in [-0.4, -0.2) is 41.4 Å². The number of para-hydroxylation sites is 1. The number of likely N-dealkylation sites (tertiary alicyclic amines) is 1. The number of pyridine rings is 1. The molecule has 2 amide bonds. The van der Waals surface area contributed by atoms with Gasteiger partial charge in [-0.15, -0.1) is 0 Å². The second kappa shape index (κ2) is 11.8. The van der Waals surface area contributed by atoms with Crippen molar-refractivity contribution in [1.82, 2.24) is 9.88 Å². The van der Waals surface area contributed by atoms with Gasteiger partial charge in [0.25, 0.3) is 0 Å². The number of anilines is 1. The Morgan fingerprint density at radius 3 is 2.44 bits per heavy atom. The molecule has 0 aliphatic carbocycles. The Balaban J connectivity index is 1.19. The van der Waals surface area contributed by atoms with Crippen LogP contribution in [0, 0.1) is 5.92 Å². The van der Waals surface area contributed by atoms with Gasteiger partial charge in [0.05, 0.1) is 18.7 Å². The van der Waals surface area contributed by atoms with Crippen molar-refractivity contribution in [2.45, 2.75) is 25.9 Å². The average Bonchev–Trinajstić information content (AvgIpc) is 2.89. The number of aromatic nitrogens is 1. The van der Waals surface area contributed by atoms with E-state index in [-0.39, 0.29) is 17.7 Å². The van der Waals surface area contributed by atoms with Gasteiger partial charge in [0.1, 0.15) is 18.1 Å². The lowest BCUT2D eigenvalue weighted by Gasteiger charge is -2.31. The second-order valence-electron chi connectivity index (χ2n) is 8.19. The molecule has 1 aliphatic heterocycles. The minimum atomic E-state index is -0.122. The zero-order valence-electron chi connectivity index (χ0n) is 19.1. The summed E-state index contributed by atoms with van der Waals surface area (Å²) in [6.07, 6.45) is 3.35. The molecule has 176 valence electrons. The third-order valence-electron chi connectivity index (χ3n) is 5.76. The van der Waals surface area contributed by atoms with Crippen molar-refractivity contribution in [3.63, 3.8) is 0 Å². The lowest BCUT2D eigenvalue weighted by molar-refractivity contribution is -0.135. The zero-order valence-corrected chi connectivity index (χ0v) is 19.1. The van der Waals surface area contributed by atoms with Crippen molar-refractivity contribution in [2.24, 2.45) is 5.92 Å². The van der Waals surface area contributed by atoms with E-state index in [0.717, 1.165) is 11.4 Å². The molecule has 1 N–H and O–H groups in total. The van der Waals surface area contributed by atoms with Crippen molar-refractivity contribution >= 4 is 17.5 Å². The van der Waals surface area contributed by atoms with E-state index in [1.165, 1.54) is 0 Å². The summed E-state index contributed by atoms with van der Waals surface area (Å²) < 4.78 is 11.4. The van der Waals surface area contributed by atoms with Crippen LogP contribution in [0.15, 0.2) is 79.0 Å². The molecule has 1 fully saturated rings. The number of nitrogens with one attached hydrogen (secondary N) is 1. The molecule has 2 aromatic carbocycles. The highest BCUT2D eigenvalue weighted by molar-refractivity contribution is 5.93. The van der Waals surface area contributed by atoms with Gasteiger partial charge in [0, 0.05) is 37.0 Å². The summed E-state index contributed by atoms with van der Waals surface area (Å²) in [7, 11) is 0. The number of piperidine rings is 1. The number of nitrogens with zero attached hydrogens (tertiary/aromatic N) is 2. The zero-order chi connectivity index (χ0) is 23.6. The summed E-state index contributed by atoms with van der Waals surface area (Å²) in [5.41, 5.74) is 1.53. The van der Waals surface area contributed by atoms with Gasteiger partial charge >= 0.3 is 0 Å². The molecule has 4 rings (SSSR count). The Labute approximate surface area is 199 Å². The fraction of sp³-hybridized carbons (Fsp3) is 0.296. The molecule has 0 spiro atoms. The van der Waals surface area contributed by atoms with E-state index in [9.17, 15) is 9.59 Å². The Bertz CT molecular complexity index is 1070. The maximum Gasteiger partial charge on any atom is 0.227 e. The molecule has 7 heteroatoms. The topological polar surface area (TPSA) is 80.8 Å². The Morgan fingerprint density at radius 1 is 0.912 bits per heavy atom. The van der Waals surface area contributed by atoms with Gasteiger partial charge in [-0.2, -0.15) is 0 Å². The third-order valence-corrected chi connectivity index (χ3v) is 5.76. The summed E-state index contributed by atoms with van der Waals surface area (Å²) in [5, 5.41) is 2.99. The molecule has 0 radical (unpaired) electrons. The first-order chi connectivity index (χ1) is 16.7. The van der Waals surface area contributed by atoms with Gasteiger partial charge in [-0.25, -0.2) is 0 Å². The van der Waals surface area contributed by atoms with Crippen LogP contribution < -0.4 is 14.8 Å². The minimum absolute atomic E-state index is 0.0265. The fourth-order valence-corrected chi connectivity index (χ4v) is 3.87. The van der Waals surface area contributed by atoms with Crippen LogP contribution in [0.5, 0.6) is 11.5 Å². The van der Waals surface area contributed by atoms with Crippen LogP contribution in [0.4, 0.5) is 5.69 Å². The first-order valence-corrected chi connectivity index (χ1v) is 11.6. The van der Waals surface area contributed by atoms with Crippen LogP contribution >= 0.6 is 0 Å². The predicted octanol–water partition coefficient (Wildman–Crippen LogP) is 4.31. The highest BCUT2D eigenvalue weighted by Crippen LogP contribution is 2.23. The number of hydrogen-bond donors (Lipinski definition) is 1. The molecular formula is C27H29N3O4. The van der Waals surface area contributed by atoms with E-state index in [1.54, 1.807) is 6.20 Å². The van der Waals surface area contributed by atoms with Gasteiger partial charge in [0.15, 0.2) is 0 Å². The summed E-state index contributed by atoms with van der Waals surface area (Å²) >= 11 is 0. The molecule has 1 saturated heterocycles. The van der Waals surface area contributed by atoms with Gasteiger partial charge in [-0.05, 0) is 49.2 Å². The van der Waals surface area contributed by atoms with Crippen molar-refractivity contribution < 1.29 is 19.1 Å². The quantitative estimate of drug-likeness (QED) is 0.516. The minimum Gasteiger partial charge on any atom is -0.493 e. The monoisotopic (exact) mass is 459 g/mol. The predicted molar refractivity (Wildman–Crippen MR) is 129 cm³/mol. The van der Waals surface area contributed by atoms with Gasteiger partial charge < -0.3 is 19.7 Å². The normalized spacial score (nSPS) is 13.8. The lowest BCUT2D eigenvalue weighted by Crippen LogP contribution is -2.41. The first kappa shape index (κ1) is 23.3. The molecule has 0 bridgehead atoms. The van der Waals surface area contributed by atoms with Crippen molar-refractivity contribution in [1.29, 1.82) is 0 Å².